The first-order valence-electron chi connectivity index (χ1n) is 5.64. The third-order valence-corrected chi connectivity index (χ3v) is 2.50. The molecule has 2 N–H and O–H groups in total. The SMILES string of the molecule is CCCCOCCNC(C)C(C)CO. The van der Waals surface area contributed by atoms with E-state index < -0.39 is 0 Å². The predicted octanol–water partition coefficient (Wildman–Crippen LogP) is 1.41. The third-order valence-electron chi connectivity index (χ3n) is 2.50. The van der Waals surface area contributed by atoms with Gasteiger partial charge in [0.05, 0.1) is 6.61 Å². The second-order valence-electron chi connectivity index (χ2n) is 3.87. The summed E-state index contributed by atoms with van der Waals surface area (Å²) in [6.07, 6.45) is 2.33. The Balaban J connectivity index is 3.18. The fraction of sp³-hybridized carbons (Fsp3) is 1.00. The summed E-state index contributed by atoms with van der Waals surface area (Å²) in [6, 6.07) is 0.356. The van der Waals surface area contributed by atoms with Crippen molar-refractivity contribution in [1.82, 2.24) is 5.32 Å². The van der Waals surface area contributed by atoms with Crippen molar-refractivity contribution >= 4 is 0 Å². The maximum absolute atomic E-state index is 8.91. The smallest absolute Gasteiger partial charge is 0.0591 e. The number of hydrogen-bond acceptors (Lipinski definition) is 3. The van der Waals surface area contributed by atoms with Gasteiger partial charge < -0.3 is 15.2 Å². The van der Waals surface area contributed by atoms with Crippen molar-refractivity contribution in [3.8, 4) is 0 Å². The van der Waals surface area contributed by atoms with Crippen molar-refractivity contribution in [3.05, 3.63) is 0 Å². The third kappa shape index (κ3) is 7.30. The highest BCUT2D eigenvalue weighted by atomic mass is 16.5. The molecule has 3 heteroatoms. The van der Waals surface area contributed by atoms with Gasteiger partial charge in [-0.05, 0) is 19.3 Å². The quantitative estimate of drug-likeness (QED) is 0.557. The van der Waals surface area contributed by atoms with Gasteiger partial charge in [-0.3, -0.25) is 0 Å². The van der Waals surface area contributed by atoms with Crippen LogP contribution in [0.1, 0.15) is 33.6 Å². The van der Waals surface area contributed by atoms with Gasteiger partial charge in [-0.25, -0.2) is 0 Å². The Labute approximate surface area is 87.8 Å². The molecule has 2 atom stereocenters. The average molecular weight is 203 g/mol. The summed E-state index contributed by atoms with van der Waals surface area (Å²) < 4.78 is 5.41. The van der Waals surface area contributed by atoms with E-state index in [4.69, 9.17) is 9.84 Å². The minimum Gasteiger partial charge on any atom is -0.396 e. The lowest BCUT2D eigenvalue weighted by atomic mass is 10.1. The molecule has 0 aromatic rings. The van der Waals surface area contributed by atoms with Crippen molar-refractivity contribution in [2.24, 2.45) is 5.92 Å². The van der Waals surface area contributed by atoms with Crippen LogP contribution in [0, 0.1) is 5.92 Å². The molecule has 86 valence electrons. The zero-order valence-corrected chi connectivity index (χ0v) is 9.75. The Kier molecular flexibility index (Phi) is 9.35. The van der Waals surface area contributed by atoms with E-state index in [1.54, 1.807) is 0 Å². The van der Waals surface area contributed by atoms with Gasteiger partial charge in [0.1, 0.15) is 0 Å². The highest BCUT2D eigenvalue weighted by Crippen LogP contribution is 1.99. The molecule has 0 spiro atoms. The molecule has 0 amide bonds. The summed E-state index contributed by atoms with van der Waals surface area (Å²) in [5, 5.41) is 12.2. The lowest BCUT2D eigenvalue weighted by Crippen LogP contribution is -2.36. The first-order valence-corrected chi connectivity index (χ1v) is 5.64. The number of aliphatic hydroxyl groups excluding tert-OH is 1. The van der Waals surface area contributed by atoms with Gasteiger partial charge in [0.25, 0.3) is 0 Å². The molecule has 0 saturated carbocycles. The Hall–Kier alpha value is -0.120. The van der Waals surface area contributed by atoms with Crippen molar-refractivity contribution < 1.29 is 9.84 Å². The summed E-state index contributed by atoms with van der Waals surface area (Å²) in [4.78, 5) is 0. The van der Waals surface area contributed by atoms with Crippen LogP contribution in [-0.2, 0) is 4.74 Å². The highest BCUT2D eigenvalue weighted by molar-refractivity contribution is 4.66. The standard InChI is InChI=1S/C11H25NO2/c1-4-5-7-14-8-6-12-11(3)10(2)9-13/h10-13H,4-9H2,1-3H3. The Morgan fingerprint density at radius 3 is 2.57 bits per heavy atom. The minimum atomic E-state index is 0.241. The molecule has 2 unspecified atom stereocenters. The molecule has 0 radical (unpaired) electrons. The summed E-state index contributed by atoms with van der Waals surface area (Å²) in [5.41, 5.74) is 0. The molecule has 0 bridgehead atoms. The zero-order chi connectivity index (χ0) is 10.8. The van der Waals surface area contributed by atoms with Crippen molar-refractivity contribution in [1.29, 1.82) is 0 Å². The molecule has 0 aliphatic rings. The summed E-state index contributed by atoms with van der Waals surface area (Å²) >= 11 is 0. The Morgan fingerprint density at radius 2 is 2.00 bits per heavy atom. The van der Waals surface area contributed by atoms with Gasteiger partial charge in [0.15, 0.2) is 0 Å². The predicted molar refractivity (Wildman–Crippen MR) is 59.4 cm³/mol. The molecule has 0 aromatic carbocycles. The van der Waals surface area contributed by atoms with Gasteiger partial charge in [0, 0.05) is 25.8 Å². The van der Waals surface area contributed by atoms with E-state index in [1.165, 1.54) is 6.42 Å². The summed E-state index contributed by atoms with van der Waals surface area (Å²) in [7, 11) is 0. The number of nitrogens with one attached hydrogen (secondary N) is 1. The van der Waals surface area contributed by atoms with Crippen molar-refractivity contribution in [2.45, 2.75) is 39.7 Å². The maximum Gasteiger partial charge on any atom is 0.0591 e. The molecule has 14 heavy (non-hydrogen) atoms. The molecule has 0 aliphatic heterocycles. The van der Waals surface area contributed by atoms with Crippen molar-refractivity contribution in [3.63, 3.8) is 0 Å². The molecule has 0 heterocycles. The molecule has 0 fully saturated rings. The highest BCUT2D eigenvalue weighted by Gasteiger charge is 2.08. The molecule has 0 rings (SSSR count). The van der Waals surface area contributed by atoms with E-state index in [-0.39, 0.29) is 6.61 Å². The van der Waals surface area contributed by atoms with Crippen LogP contribution in [0.4, 0.5) is 0 Å². The van der Waals surface area contributed by atoms with Crippen LogP contribution < -0.4 is 5.32 Å². The van der Waals surface area contributed by atoms with E-state index in [9.17, 15) is 0 Å². The van der Waals surface area contributed by atoms with E-state index in [0.717, 1.165) is 26.2 Å². The van der Waals surface area contributed by atoms with Crippen LogP contribution in [0.2, 0.25) is 0 Å². The fourth-order valence-electron chi connectivity index (χ4n) is 1.07. The van der Waals surface area contributed by atoms with E-state index in [2.05, 4.69) is 19.2 Å². The van der Waals surface area contributed by atoms with Crippen LogP contribution in [0.15, 0.2) is 0 Å². The molecular weight excluding hydrogens is 178 g/mol. The molecule has 3 nitrogen and oxygen atoms in total. The maximum atomic E-state index is 8.91. The van der Waals surface area contributed by atoms with Crippen LogP contribution in [-0.4, -0.2) is 37.5 Å². The summed E-state index contributed by atoms with van der Waals surface area (Å²) in [6.45, 7) is 9.03. The topological polar surface area (TPSA) is 41.5 Å². The van der Waals surface area contributed by atoms with E-state index in [1.807, 2.05) is 6.92 Å². The fourth-order valence-corrected chi connectivity index (χ4v) is 1.07. The average Bonchev–Trinajstić information content (AvgIpc) is 2.21. The molecular formula is C11H25NO2. The lowest BCUT2D eigenvalue weighted by Gasteiger charge is -2.19. The van der Waals surface area contributed by atoms with Crippen LogP contribution in [0.25, 0.3) is 0 Å². The second-order valence-corrected chi connectivity index (χ2v) is 3.87. The Morgan fingerprint density at radius 1 is 1.29 bits per heavy atom. The van der Waals surface area contributed by atoms with Crippen LogP contribution in [0.5, 0.6) is 0 Å². The van der Waals surface area contributed by atoms with Crippen molar-refractivity contribution in [2.75, 3.05) is 26.4 Å². The Bertz CT molecular complexity index is 120. The first kappa shape index (κ1) is 13.9. The molecule has 0 saturated heterocycles. The number of rotatable bonds is 9. The van der Waals surface area contributed by atoms with E-state index in [0.29, 0.717) is 12.0 Å². The zero-order valence-electron chi connectivity index (χ0n) is 9.75. The monoisotopic (exact) mass is 203 g/mol. The van der Waals surface area contributed by atoms with Gasteiger partial charge in [-0.15, -0.1) is 0 Å². The first-order chi connectivity index (χ1) is 6.72. The van der Waals surface area contributed by atoms with Gasteiger partial charge in [-0.1, -0.05) is 20.3 Å². The number of ether oxygens (including phenoxy) is 1. The minimum absolute atomic E-state index is 0.241. The normalized spacial score (nSPS) is 15.4. The van der Waals surface area contributed by atoms with Gasteiger partial charge in [-0.2, -0.15) is 0 Å². The van der Waals surface area contributed by atoms with Crippen LogP contribution in [0.3, 0.4) is 0 Å². The van der Waals surface area contributed by atoms with Gasteiger partial charge >= 0.3 is 0 Å². The van der Waals surface area contributed by atoms with Crippen LogP contribution >= 0.6 is 0 Å². The van der Waals surface area contributed by atoms with Gasteiger partial charge in [0.2, 0.25) is 0 Å². The largest absolute Gasteiger partial charge is 0.396 e. The molecule has 0 aromatic heterocycles. The lowest BCUT2D eigenvalue weighted by molar-refractivity contribution is 0.126. The molecule has 0 aliphatic carbocycles. The number of hydrogen-bond donors (Lipinski definition) is 2. The van der Waals surface area contributed by atoms with E-state index >= 15 is 0 Å². The summed E-state index contributed by atoms with van der Waals surface area (Å²) in [5.74, 6) is 0.311. The number of aliphatic hydroxyl groups is 1. The number of unbranched alkanes of at least 4 members (excludes halogenated alkanes) is 1. The second kappa shape index (κ2) is 9.44.